The molecule has 2 aliphatic rings. The minimum atomic E-state index is 0.0249. The van der Waals surface area contributed by atoms with Crippen molar-refractivity contribution in [2.24, 2.45) is 0 Å². The van der Waals surface area contributed by atoms with Gasteiger partial charge in [0.05, 0.1) is 29.0 Å². The number of halogens is 2. The fourth-order valence-electron chi connectivity index (χ4n) is 4.42. The fraction of sp³-hybridized carbons (Fsp3) is 0.478. The Kier molecular flexibility index (Phi) is 5.70. The van der Waals surface area contributed by atoms with E-state index in [0.717, 1.165) is 66.8 Å². The lowest BCUT2D eigenvalue weighted by Crippen LogP contribution is -2.33. The Balaban J connectivity index is 1.36. The standard InChI is InChI=1S/C23H25Cl2N7/c1-23(5-6-23)32-21(25)20(14-28-32)30-22-27-13-16-11-18(24)17(12-19(16)29-22)15-3-9-31(10-4-15)8-2-7-26/h11-15H,2-6,8-10H2,1H3,(H,27,29,30). The molecule has 9 heteroatoms. The zero-order valence-electron chi connectivity index (χ0n) is 18.0. The predicted molar refractivity (Wildman–Crippen MR) is 127 cm³/mol. The third kappa shape index (κ3) is 4.15. The van der Waals surface area contributed by atoms with Gasteiger partial charge in [-0.2, -0.15) is 10.4 Å². The molecule has 166 valence electrons. The maximum Gasteiger partial charge on any atom is 0.227 e. The molecule has 3 aromatic rings. The van der Waals surface area contributed by atoms with Crippen molar-refractivity contribution >= 4 is 45.7 Å². The second-order valence-electron chi connectivity index (χ2n) is 9.03. The smallest absolute Gasteiger partial charge is 0.227 e. The van der Waals surface area contributed by atoms with Crippen LogP contribution in [0.15, 0.2) is 24.5 Å². The maximum atomic E-state index is 8.81. The fourth-order valence-corrected chi connectivity index (χ4v) is 5.09. The highest BCUT2D eigenvalue weighted by Crippen LogP contribution is 2.45. The number of nitrogens with zero attached hydrogens (tertiary/aromatic N) is 6. The first kappa shape index (κ1) is 21.4. The van der Waals surface area contributed by atoms with Crippen LogP contribution in [0.25, 0.3) is 10.9 Å². The third-order valence-corrected chi connectivity index (χ3v) is 7.40. The predicted octanol–water partition coefficient (Wildman–Crippen LogP) is 5.48. The molecular weight excluding hydrogens is 445 g/mol. The highest BCUT2D eigenvalue weighted by atomic mass is 35.5. The van der Waals surface area contributed by atoms with Crippen LogP contribution in [-0.2, 0) is 5.54 Å². The lowest BCUT2D eigenvalue weighted by Gasteiger charge is -2.32. The summed E-state index contributed by atoms with van der Waals surface area (Å²) in [5.41, 5.74) is 2.72. The van der Waals surface area contributed by atoms with E-state index in [1.165, 1.54) is 0 Å². The summed E-state index contributed by atoms with van der Waals surface area (Å²) >= 11 is 13.2. The second kappa shape index (κ2) is 8.51. The van der Waals surface area contributed by atoms with Crippen LogP contribution >= 0.6 is 23.2 Å². The molecule has 1 saturated carbocycles. The average Bonchev–Trinajstić information content (AvgIpc) is 3.44. The molecule has 1 aliphatic heterocycles. The van der Waals surface area contributed by atoms with Crippen LogP contribution in [0.1, 0.15) is 50.5 Å². The van der Waals surface area contributed by atoms with Gasteiger partial charge in [0, 0.05) is 29.6 Å². The molecule has 7 nitrogen and oxygen atoms in total. The van der Waals surface area contributed by atoms with Crippen molar-refractivity contribution < 1.29 is 0 Å². The summed E-state index contributed by atoms with van der Waals surface area (Å²) < 4.78 is 1.87. The summed E-state index contributed by atoms with van der Waals surface area (Å²) in [5.74, 6) is 0.878. The second-order valence-corrected chi connectivity index (χ2v) is 9.80. The van der Waals surface area contributed by atoms with Gasteiger partial charge in [-0.15, -0.1) is 0 Å². The number of nitriles is 1. The van der Waals surface area contributed by atoms with Crippen LogP contribution in [0, 0.1) is 11.3 Å². The number of rotatable bonds is 6. The number of aromatic nitrogens is 4. The van der Waals surface area contributed by atoms with Crippen molar-refractivity contribution in [3.05, 3.63) is 40.3 Å². The Hall–Kier alpha value is -2.40. The monoisotopic (exact) mass is 469 g/mol. The summed E-state index contributed by atoms with van der Waals surface area (Å²) in [6.07, 6.45) is 8.32. The van der Waals surface area contributed by atoms with Crippen LogP contribution in [0.2, 0.25) is 10.2 Å². The van der Waals surface area contributed by atoms with Crippen molar-refractivity contribution in [3.8, 4) is 6.07 Å². The Bertz CT molecular complexity index is 1190. The molecule has 0 bridgehead atoms. The van der Waals surface area contributed by atoms with E-state index in [1.54, 1.807) is 12.4 Å². The molecule has 1 saturated heterocycles. The van der Waals surface area contributed by atoms with Crippen molar-refractivity contribution in [1.82, 2.24) is 24.6 Å². The van der Waals surface area contributed by atoms with E-state index in [-0.39, 0.29) is 5.54 Å². The highest BCUT2D eigenvalue weighted by molar-refractivity contribution is 6.32. The molecule has 1 aromatic carbocycles. The molecule has 0 atom stereocenters. The van der Waals surface area contributed by atoms with Gasteiger partial charge < -0.3 is 10.2 Å². The minimum absolute atomic E-state index is 0.0249. The third-order valence-electron chi connectivity index (χ3n) is 6.71. The number of piperidine rings is 1. The van der Waals surface area contributed by atoms with Crippen molar-refractivity contribution in [3.63, 3.8) is 0 Å². The van der Waals surface area contributed by atoms with Crippen LogP contribution in [-0.4, -0.2) is 44.3 Å². The Morgan fingerprint density at radius 3 is 2.72 bits per heavy atom. The van der Waals surface area contributed by atoms with Gasteiger partial charge in [0.15, 0.2) is 5.15 Å². The Morgan fingerprint density at radius 1 is 1.22 bits per heavy atom. The number of anilines is 2. The minimum Gasteiger partial charge on any atom is -0.320 e. The average molecular weight is 470 g/mol. The summed E-state index contributed by atoms with van der Waals surface area (Å²) in [6, 6.07) is 6.28. The molecule has 2 aromatic heterocycles. The molecule has 0 radical (unpaired) electrons. The van der Waals surface area contributed by atoms with Gasteiger partial charge in [0.2, 0.25) is 5.95 Å². The lowest BCUT2D eigenvalue weighted by atomic mass is 9.89. The van der Waals surface area contributed by atoms with Gasteiger partial charge in [0.25, 0.3) is 0 Å². The summed E-state index contributed by atoms with van der Waals surface area (Å²) in [4.78, 5) is 11.5. The van der Waals surface area contributed by atoms with E-state index in [4.69, 9.17) is 33.4 Å². The van der Waals surface area contributed by atoms with Crippen molar-refractivity contribution in [2.45, 2.75) is 50.5 Å². The van der Waals surface area contributed by atoms with Crippen molar-refractivity contribution in [2.75, 3.05) is 25.0 Å². The lowest BCUT2D eigenvalue weighted by molar-refractivity contribution is 0.216. The summed E-state index contributed by atoms with van der Waals surface area (Å²) in [7, 11) is 0. The molecule has 3 heterocycles. The van der Waals surface area contributed by atoms with E-state index in [0.29, 0.717) is 29.1 Å². The van der Waals surface area contributed by atoms with E-state index in [1.807, 2.05) is 10.7 Å². The molecule has 0 spiro atoms. The number of nitrogens with one attached hydrogen (secondary N) is 1. The number of likely N-dealkylation sites (tertiary alicyclic amines) is 1. The van der Waals surface area contributed by atoms with Gasteiger partial charge in [0.1, 0.15) is 0 Å². The number of fused-ring (bicyclic) bond motifs is 1. The topological polar surface area (TPSA) is 82.7 Å². The molecule has 1 aliphatic carbocycles. The number of benzene rings is 1. The van der Waals surface area contributed by atoms with Crippen LogP contribution in [0.4, 0.5) is 11.6 Å². The first-order valence-electron chi connectivity index (χ1n) is 11.0. The van der Waals surface area contributed by atoms with Gasteiger partial charge in [-0.3, -0.25) is 0 Å². The summed E-state index contributed by atoms with van der Waals surface area (Å²) in [6.45, 7) is 4.97. The van der Waals surface area contributed by atoms with Gasteiger partial charge in [-0.05, 0) is 69.3 Å². The van der Waals surface area contributed by atoms with Crippen molar-refractivity contribution in [1.29, 1.82) is 5.26 Å². The molecule has 0 unspecified atom stereocenters. The first-order chi connectivity index (χ1) is 15.5. The molecule has 5 rings (SSSR count). The van der Waals surface area contributed by atoms with Crippen LogP contribution in [0.3, 0.4) is 0 Å². The normalized spacial score (nSPS) is 18.6. The number of hydrogen-bond acceptors (Lipinski definition) is 6. The summed E-state index contributed by atoms with van der Waals surface area (Å²) in [5, 5.41) is 18.7. The Labute approximate surface area is 197 Å². The van der Waals surface area contributed by atoms with Crippen LogP contribution < -0.4 is 5.32 Å². The SMILES string of the molecule is CC1(n2ncc(Nc3ncc4cc(Cl)c(C5CCN(CCC#N)CC5)cc4n3)c2Cl)CC1. The van der Waals surface area contributed by atoms with E-state index >= 15 is 0 Å². The Morgan fingerprint density at radius 2 is 2.00 bits per heavy atom. The van der Waals surface area contributed by atoms with Crippen LogP contribution in [0.5, 0.6) is 0 Å². The maximum absolute atomic E-state index is 8.81. The highest BCUT2D eigenvalue weighted by Gasteiger charge is 2.42. The largest absolute Gasteiger partial charge is 0.320 e. The first-order valence-corrected chi connectivity index (χ1v) is 11.8. The van der Waals surface area contributed by atoms with Gasteiger partial charge >= 0.3 is 0 Å². The zero-order chi connectivity index (χ0) is 22.3. The molecule has 2 fully saturated rings. The van der Waals surface area contributed by atoms with E-state index < -0.39 is 0 Å². The quantitative estimate of drug-likeness (QED) is 0.514. The van der Waals surface area contributed by atoms with E-state index in [9.17, 15) is 0 Å². The zero-order valence-corrected chi connectivity index (χ0v) is 19.5. The number of hydrogen-bond donors (Lipinski definition) is 1. The molecule has 0 amide bonds. The molecule has 1 N–H and O–H groups in total. The molecule has 32 heavy (non-hydrogen) atoms. The van der Waals surface area contributed by atoms with E-state index in [2.05, 4.69) is 39.4 Å². The van der Waals surface area contributed by atoms with Gasteiger partial charge in [-0.25, -0.2) is 14.6 Å². The van der Waals surface area contributed by atoms with Gasteiger partial charge in [-0.1, -0.05) is 23.2 Å². The molecular formula is C23H25Cl2N7.